The highest BCUT2D eigenvalue weighted by molar-refractivity contribution is 6.32. The molecule has 0 aliphatic heterocycles. The second-order valence-electron chi connectivity index (χ2n) is 3.79. The van der Waals surface area contributed by atoms with Crippen LogP contribution in [0, 0.1) is 0 Å². The Labute approximate surface area is 99.0 Å². The summed E-state index contributed by atoms with van der Waals surface area (Å²) in [6.45, 7) is 1.94. The molecule has 0 aliphatic rings. The number of rotatable bonds is 3. The molecule has 1 aromatic carbocycles. The summed E-state index contributed by atoms with van der Waals surface area (Å²) >= 11 is 6.06. The molecule has 84 valence electrons. The number of aromatic nitrogens is 3. The molecule has 0 spiro atoms. The number of para-hydroxylation sites is 1. The van der Waals surface area contributed by atoms with Crippen LogP contribution in [0.5, 0.6) is 0 Å². The van der Waals surface area contributed by atoms with E-state index in [4.69, 9.17) is 17.3 Å². The van der Waals surface area contributed by atoms with Crippen molar-refractivity contribution in [3.8, 4) is 5.69 Å². The first-order chi connectivity index (χ1) is 7.66. The molecule has 1 unspecified atom stereocenters. The van der Waals surface area contributed by atoms with Crippen LogP contribution in [0.3, 0.4) is 0 Å². The van der Waals surface area contributed by atoms with Crippen LogP contribution in [0.25, 0.3) is 5.69 Å². The van der Waals surface area contributed by atoms with Gasteiger partial charge in [0.25, 0.3) is 0 Å². The van der Waals surface area contributed by atoms with E-state index in [-0.39, 0.29) is 6.04 Å². The maximum absolute atomic E-state index is 6.06. The van der Waals surface area contributed by atoms with Crippen molar-refractivity contribution in [1.29, 1.82) is 0 Å². The first-order valence-corrected chi connectivity index (χ1v) is 5.46. The summed E-state index contributed by atoms with van der Waals surface area (Å²) < 4.78 is 1.67. The van der Waals surface area contributed by atoms with Gasteiger partial charge in [-0.1, -0.05) is 28.9 Å². The average molecular weight is 237 g/mol. The molecule has 1 aromatic heterocycles. The largest absolute Gasteiger partial charge is 0.328 e. The number of nitrogens with zero attached hydrogens (tertiary/aromatic N) is 3. The molecule has 0 saturated heterocycles. The van der Waals surface area contributed by atoms with Crippen LogP contribution in [0.2, 0.25) is 5.02 Å². The van der Waals surface area contributed by atoms with Crippen LogP contribution in [0.4, 0.5) is 0 Å². The molecule has 2 aromatic rings. The lowest BCUT2D eigenvalue weighted by Gasteiger charge is -2.01. The quantitative estimate of drug-likeness (QED) is 0.884. The summed E-state index contributed by atoms with van der Waals surface area (Å²) in [5.74, 6) is 0. The summed E-state index contributed by atoms with van der Waals surface area (Å²) in [5.41, 5.74) is 7.40. The van der Waals surface area contributed by atoms with Crippen molar-refractivity contribution in [3.63, 3.8) is 0 Å². The van der Waals surface area contributed by atoms with Gasteiger partial charge in [-0.25, -0.2) is 4.68 Å². The topological polar surface area (TPSA) is 56.7 Å². The third-order valence-corrected chi connectivity index (χ3v) is 2.49. The van der Waals surface area contributed by atoms with E-state index >= 15 is 0 Å². The SMILES string of the molecule is CC(N)Cc1cn(-c2ccccc2Cl)nn1. The molecule has 0 bridgehead atoms. The minimum Gasteiger partial charge on any atom is -0.328 e. The predicted molar refractivity (Wildman–Crippen MR) is 63.7 cm³/mol. The van der Waals surface area contributed by atoms with Gasteiger partial charge in [-0.15, -0.1) is 5.10 Å². The molecular formula is C11H13ClN4. The van der Waals surface area contributed by atoms with E-state index in [0.29, 0.717) is 11.4 Å². The summed E-state index contributed by atoms with van der Waals surface area (Å²) in [7, 11) is 0. The van der Waals surface area contributed by atoms with Crippen LogP contribution in [0.15, 0.2) is 30.5 Å². The third kappa shape index (κ3) is 2.40. The van der Waals surface area contributed by atoms with Gasteiger partial charge in [-0.3, -0.25) is 0 Å². The molecule has 16 heavy (non-hydrogen) atoms. The lowest BCUT2D eigenvalue weighted by atomic mass is 10.2. The van der Waals surface area contributed by atoms with E-state index in [1.165, 1.54) is 0 Å². The van der Waals surface area contributed by atoms with Gasteiger partial charge in [0.1, 0.15) is 0 Å². The fraction of sp³-hybridized carbons (Fsp3) is 0.273. The van der Waals surface area contributed by atoms with E-state index in [1.807, 2.05) is 37.4 Å². The number of halogens is 1. The summed E-state index contributed by atoms with van der Waals surface area (Å²) in [6, 6.07) is 7.59. The molecule has 0 saturated carbocycles. The van der Waals surface area contributed by atoms with Gasteiger partial charge in [0.2, 0.25) is 0 Å². The van der Waals surface area contributed by atoms with Crippen LogP contribution >= 0.6 is 11.6 Å². The summed E-state index contributed by atoms with van der Waals surface area (Å²) in [5, 5.41) is 8.73. The van der Waals surface area contributed by atoms with Crippen molar-refractivity contribution in [2.24, 2.45) is 5.73 Å². The predicted octanol–water partition coefficient (Wildman–Crippen LogP) is 1.81. The van der Waals surface area contributed by atoms with E-state index < -0.39 is 0 Å². The lowest BCUT2D eigenvalue weighted by Crippen LogP contribution is -2.17. The minimum atomic E-state index is 0.0800. The van der Waals surface area contributed by atoms with Gasteiger partial charge in [-0.05, 0) is 19.1 Å². The van der Waals surface area contributed by atoms with Crippen LogP contribution in [-0.2, 0) is 6.42 Å². The lowest BCUT2D eigenvalue weighted by molar-refractivity contribution is 0.716. The molecule has 0 aliphatic carbocycles. The van der Waals surface area contributed by atoms with Crippen molar-refractivity contribution in [1.82, 2.24) is 15.0 Å². The second-order valence-corrected chi connectivity index (χ2v) is 4.19. The Bertz CT molecular complexity index is 478. The molecule has 2 rings (SSSR count). The number of hydrogen-bond donors (Lipinski definition) is 1. The van der Waals surface area contributed by atoms with Crippen LogP contribution in [-0.4, -0.2) is 21.0 Å². The molecule has 0 fully saturated rings. The van der Waals surface area contributed by atoms with Gasteiger partial charge in [0, 0.05) is 12.5 Å². The molecule has 2 N–H and O–H groups in total. The normalized spacial score (nSPS) is 12.7. The Morgan fingerprint density at radius 1 is 1.44 bits per heavy atom. The zero-order valence-corrected chi connectivity index (χ0v) is 9.72. The highest BCUT2D eigenvalue weighted by atomic mass is 35.5. The van der Waals surface area contributed by atoms with Gasteiger partial charge in [0.15, 0.2) is 0 Å². The minimum absolute atomic E-state index is 0.0800. The molecule has 0 amide bonds. The van der Waals surface area contributed by atoms with Gasteiger partial charge in [-0.2, -0.15) is 0 Å². The van der Waals surface area contributed by atoms with E-state index in [2.05, 4.69) is 10.3 Å². The Balaban J connectivity index is 2.28. The number of hydrogen-bond acceptors (Lipinski definition) is 3. The van der Waals surface area contributed by atoms with Crippen molar-refractivity contribution in [2.75, 3.05) is 0 Å². The van der Waals surface area contributed by atoms with Crippen LogP contribution < -0.4 is 5.73 Å². The Morgan fingerprint density at radius 2 is 2.19 bits per heavy atom. The Morgan fingerprint density at radius 3 is 2.88 bits per heavy atom. The molecule has 1 atom stereocenters. The third-order valence-electron chi connectivity index (χ3n) is 2.17. The number of nitrogens with two attached hydrogens (primary N) is 1. The number of benzene rings is 1. The first kappa shape index (κ1) is 11.1. The van der Waals surface area contributed by atoms with E-state index in [0.717, 1.165) is 11.4 Å². The average Bonchev–Trinajstić information content (AvgIpc) is 2.66. The zero-order valence-electron chi connectivity index (χ0n) is 8.97. The standard InChI is InChI=1S/C11H13ClN4/c1-8(13)6-9-7-16(15-14-9)11-5-3-2-4-10(11)12/h2-5,7-8H,6,13H2,1H3. The summed E-state index contributed by atoms with van der Waals surface area (Å²) in [4.78, 5) is 0. The van der Waals surface area contributed by atoms with Crippen molar-refractivity contribution in [3.05, 3.63) is 41.2 Å². The van der Waals surface area contributed by atoms with Gasteiger partial charge < -0.3 is 5.73 Å². The molecule has 5 heteroatoms. The highest BCUT2D eigenvalue weighted by Gasteiger charge is 2.06. The van der Waals surface area contributed by atoms with E-state index in [9.17, 15) is 0 Å². The fourth-order valence-electron chi connectivity index (χ4n) is 1.48. The molecule has 1 heterocycles. The smallest absolute Gasteiger partial charge is 0.0849 e. The maximum Gasteiger partial charge on any atom is 0.0849 e. The fourth-order valence-corrected chi connectivity index (χ4v) is 1.70. The highest BCUT2D eigenvalue weighted by Crippen LogP contribution is 2.18. The van der Waals surface area contributed by atoms with Crippen LogP contribution in [0.1, 0.15) is 12.6 Å². The van der Waals surface area contributed by atoms with Gasteiger partial charge >= 0.3 is 0 Å². The Hall–Kier alpha value is -1.39. The maximum atomic E-state index is 6.06. The van der Waals surface area contributed by atoms with Crippen molar-refractivity contribution < 1.29 is 0 Å². The first-order valence-electron chi connectivity index (χ1n) is 5.08. The van der Waals surface area contributed by atoms with E-state index in [1.54, 1.807) is 4.68 Å². The van der Waals surface area contributed by atoms with Gasteiger partial charge in [0.05, 0.1) is 22.6 Å². The molecule has 0 radical (unpaired) electrons. The van der Waals surface area contributed by atoms with Crippen molar-refractivity contribution >= 4 is 11.6 Å². The summed E-state index contributed by atoms with van der Waals surface area (Å²) in [6.07, 6.45) is 2.56. The second kappa shape index (κ2) is 4.63. The monoisotopic (exact) mass is 236 g/mol. The zero-order chi connectivity index (χ0) is 11.5. The molecular weight excluding hydrogens is 224 g/mol. The Kier molecular flexibility index (Phi) is 3.22. The molecule has 4 nitrogen and oxygen atoms in total. The van der Waals surface area contributed by atoms with Crippen molar-refractivity contribution in [2.45, 2.75) is 19.4 Å².